The minimum atomic E-state index is -0.684. The van der Waals surface area contributed by atoms with Gasteiger partial charge in [0.2, 0.25) is 5.91 Å². The minimum absolute atomic E-state index is 0.0292. The lowest BCUT2D eigenvalue weighted by molar-refractivity contribution is -0.384. The number of carbonyl (C=O) groups excluding carboxylic acids is 1. The summed E-state index contributed by atoms with van der Waals surface area (Å²) in [6, 6.07) is 14.9. The number of nitrogens with zero attached hydrogens (tertiary/aromatic N) is 2. The van der Waals surface area contributed by atoms with Crippen molar-refractivity contribution in [3.63, 3.8) is 0 Å². The summed E-state index contributed by atoms with van der Waals surface area (Å²) in [6.45, 7) is 0.240. The third kappa shape index (κ3) is 5.77. The number of anilines is 1. The number of nitriles is 1. The summed E-state index contributed by atoms with van der Waals surface area (Å²) in [6.07, 6.45) is 2.43. The fraction of sp³-hybridized carbons (Fsp3) is 0.190. The number of aromatic nitrogens is 1. The van der Waals surface area contributed by atoms with Gasteiger partial charge in [0.25, 0.3) is 5.69 Å². The van der Waals surface area contributed by atoms with E-state index in [-0.39, 0.29) is 29.7 Å². The quantitative estimate of drug-likeness (QED) is 0.184. The maximum absolute atomic E-state index is 12.7. The highest BCUT2D eigenvalue weighted by Crippen LogP contribution is 2.19. The van der Waals surface area contributed by atoms with Gasteiger partial charge in [0.1, 0.15) is 6.04 Å². The number of carbonyl (C=O) groups is 1. The van der Waals surface area contributed by atoms with Gasteiger partial charge in [-0.05, 0) is 36.0 Å². The molecular weight excluding hydrogens is 416 g/mol. The predicted octanol–water partition coefficient (Wildman–Crippen LogP) is 3.00. The van der Waals surface area contributed by atoms with E-state index in [1.54, 1.807) is 0 Å². The van der Waals surface area contributed by atoms with Crippen LogP contribution < -0.4 is 16.0 Å². The highest BCUT2D eigenvalue weighted by atomic mass is 32.1. The molecule has 3 rings (SSSR count). The molecule has 1 unspecified atom stereocenters. The van der Waals surface area contributed by atoms with Crippen LogP contribution >= 0.6 is 12.2 Å². The van der Waals surface area contributed by atoms with Gasteiger partial charge in [-0.15, -0.1) is 0 Å². The number of amides is 1. The number of nitro groups is 1. The van der Waals surface area contributed by atoms with Crippen molar-refractivity contribution in [2.75, 3.05) is 11.9 Å². The molecule has 0 saturated carbocycles. The Labute approximate surface area is 183 Å². The van der Waals surface area contributed by atoms with E-state index < -0.39 is 11.0 Å². The van der Waals surface area contributed by atoms with Crippen LogP contribution in [0.2, 0.25) is 0 Å². The summed E-state index contributed by atoms with van der Waals surface area (Å²) in [5.74, 6) is -0.284. The molecule has 0 aliphatic heterocycles. The molecule has 0 bridgehead atoms. The van der Waals surface area contributed by atoms with Crippen molar-refractivity contribution in [3.8, 4) is 6.07 Å². The Morgan fingerprint density at radius 3 is 2.68 bits per heavy atom. The normalized spacial score (nSPS) is 11.3. The molecule has 158 valence electrons. The van der Waals surface area contributed by atoms with Gasteiger partial charge in [-0.25, -0.2) is 0 Å². The monoisotopic (exact) mass is 436 g/mol. The molecule has 0 radical (unpaired) electrons. The maximum atomic E-state index is 12.7. The first-order chi connectivity index (χ1) is 15.0. The van der Waals surface area contributed by atoms with Crippen molar-refractivity contribution in [2.24, 2.45) is 0 Å². The number of aromatic amines is 1. The number of rotatable bonds is 8. The van der Waals surface area contributed by atoms with E-state index in [1.807, 2.05) is 36.5 Å². The summed E-state index contributed by atoms with van der Waals surface area (Å²) in [7, 11) is 0. The molecule has 0 aliphatic rings. The van der Waals surface area contributed by atoms with Gasteiger partial charge < -0.3 is 20.9 Å². The zero-order chi connectivity index (χ0) is 22.2. The van der Waals surface area contributed by atoms with Gasteiger partial charge in [0.05, 0.1) is 17.4 Å². The van der Waals surface area contributed by atoms with E-state index in [4.69, 9.17) is 17.5 Å². The van der Waals surface area contributed by atoms with Crippen molar-refractivity contribution in [3.05, 3.63) is 70.4 Å². The van der Waals surface area contributed by atoms with Gasteiger partial charge in [-0.1, -0.05) is 18.2 Å². The Balaban J connectivity index is 1.72. The molecule has 31 heavy (non-hydrogen) atoms. The van der Waals surface area contributed by atoms with Gasteiger partial charge in [-0.2, -0.15) is 5.26 Å². The molecular formula is C21H20N6O3S. The highest BCUT2D eigenvalue weighted by molar-refractivity contribution is 7.80. The Hall–Kier alpha value is -3.97. The average Bonchev–Trinajstić information content (AvgIpc) is 3.16. The first-order valence-electron chi connectivity index (χ1n) is 9.49. The molecule has 1 aromatic heterocycles. The Morgan fingerprint density at radius 2 is 1.97 bits per heavy atom. The van der Waals surface area contributed by atoms with Crippen molar-refractivity contribution in [1.82, 2.24) is 15.6 Å². The molecule has 1 heterocycles. The Kier molecular flexibility index (Phi) is 7.13. The number of hydrogen-bond acceptors (Lipinski definition) is 5. The number of thiocarbonyl (C=S) groups is 1. The zero-order valence-corrected chi connectivity index (χ0v) is 17.2. The molecule has 3 aromatic rings. The lowest BCUT2D eigenvalue weighted by Gasteiger charge is -2.20. The molecule has 0 aliphatic carbocycles. The largest absolute Gasteiger partial charge is 0.361 e. The number of fused-ring (bicyclic) bond motifs is 1. The predicted molar refractivity (Wildman–Crippen MR) is 121 cm³/mol. The van der Waals surface area contributed by atoms with Crippen LogP contribution in [0.25, 0.3) is 10.9 Å². The fourth-order valence-electron chi connectivity index (χ4n) is 3.09. The van der Waals surface area contributed by atoms with Crippen LogP contribution in [-0.2, 0) is 11.2 Å². The van der Waals surface area contributed by atoms with Crippen LogP contribution in [-0.4, -0.2) is 33.5 Å². The van der Waals surface area contributed by atoms with Crippen LogP contribution in [0.1, 0.15) is 12.0 Å². The van der Waals surface area contributed by atoms with E-state index in [0.717, 1.165) is 16.5 Å². The van der Waals surface area contributed by atoms with E-state index in [1.165, 1.54) is 24.3 Å². The second kappa shape index (κ2) is 10.2. The third-order valence-corrected chi connectivity index (χ3v) is 4.81. The second-order valence-corrected chi connectivity index (χ2v) is 7.13. The summed E-state index contributed by atoms with van der Waals surface area (Å²) >= 11 is 5.35. The van der Waals surface area contributed by atoms with Crippen molar-refractivity contribution >= 4 is 45.5 Å². The lowest BCUT2D eigenvalue weighted by Crippen LogP contribution is -2.49. The molecule has 2 aromatic carbocycles. The molecule has 0 fully saturated rings. The molecule has 1 atom stereocenters. The van der Waals surface area contributed by atoms with Gasteiger partial charge in [-0.3, -0.25) is 14.9 Å². The first kappa shape index (κ1) is 21.7. The highest BCUT2D eigenvalue weighted by Gasteiger charge is 2.21. The summed E-state index contributed by atoms with van der Waals surface area (Å²) < 4.78 is 0. The van der Waals surface area contributed by atoms with E-state index in [9.17, 15) is 14.9 Å². The maximum Gasteiger partial charge on any atom is 0.269 e. The molecule has 0 saturated heterocycles. The molecule has 1 amide bonds. The SMILES string of the molecule is N#CCCNC(=O)C(Cc1c[nH]c2ccccc12)NC(=S)Nc1ccc([N+](=O)[O-])cc1. The third-order valence-electron chi connectivity index (χ3n) is 4.59. The first-order valence-corrected chi connectivity index (χ1v) is 9.90. The number of hydrogen-bond donors (Lipinski definition) is 4. The summed E-state index contributed by atoms with van der Waals surface area (Å²) in [4.78, 5) is 26.2. The van der Waals surface area contributed by atoms with Crippen LogP contribution in [0.4, 0.5) is 11.4 Å². The second-order valence-electron chi connectivity index (χ2n) is 6.72. The number of benzene rings is 2. The van der Waals surface area contributed by atoms with E-state index in [0.29, 0.717) is 12.1 Å². The van der Waals surface area contributed by atoms with Crippen molar-refractivity contribution < 1.29 is 9.72 Å². The number of nitrogens with one attached hydrogen (secondary N) is 4. The smallest absolute Gasteiger partial charge is 0.269 e. The minimum Gasteiger partial charge on any atom is -0.361 e. The molecule has 10 heteroatoms. The lowest BCUT2D eigenvalue weighted by atomic mass is 10.0. The van der Waals surface area contributed by atoms with Crippen LogP contribution in [0.5, 0.6) is 0 Å². The van der Waals surface area contributed by atoms with Gasteiger partial charge in [0.15, 0.2) is 5.11 Å². The number of nitro benzene ring substituents is 1. The van der Waals surface area contributed by atoms with E-state index >= 15 is 0 Å². The van der Waals surface area contributed by atoms with Crippen LogP contribution in [0.15, 0.2) is 54.7 Å². The Bertz CT molecular complexity index is 1140. The number of H-pyrrole nitrogens is 1. The fourth-order valence-corrected chi connectivity index (χ4v) is 3.35. The standard InChI is InChI=1S/C21H20N6O3S/c22-10-3-11-23-20(28)19(12-14-13-24-18-5-2-1-4-17(14)18)26-21(31)25-15-6-8-16(9-7-15)27(29)30/h1-2,4-9,13,19,24H,3,11-12H2,(H,23,28)(H2,25,26,31). The van der Waals surface area contributed by atoms with Crippen LogP contribution in [0.3, 0.4) is 0 Å². The van der Waals surface area contributed by atoms with Gasteiger partial charge in [0, 0.05) is 47.9 Å². The summed E-state index contributed by atoms with van der Waals surface area (Å²) in [5, 5.41) is 29.4. The van der Waals surface area contributed by atoms with Crippen LogP contribution in [0, 0.1) is 21.4 Å². The average molecular weight is 436 g/mol. The summed E-state index contributed by atoms with van der Waals surface area (Å²) in [5.41, 5.74) is 2.44. The molecule has 4 N–H and O–H groups in total. The van der Waals surface area contributed by atoms with Crippen molar-refractivity contribution in [1.29, 1.82) is 5.26 Å². The molecule has 9 nitrogen and oxygen atoms in total. The Morgan fingerprint density at radius 1 is 1.23 bits per heavy atom. The topological polar surface area (TPSA) is 136 Å². The molecule has 0 spiro atoms. The van der Waals surface area contributed by atoms with Gasteiger partial charge >= 0.3 is 0 Å². The van der Waals surface area contributed by atoms with E-state index in [2.05, 4.69) is 20.9 Å². The number of non-ortho nitro benzene ring substituents is 1. The zero-order valence-electron chi connectivity index (χ0n) is 16.4. The van der Waals surface area contributed by atoms with Crippen molar-refractivity contribution in [2.45, 2.75) is 18.9 Å². The number of para-hydroxylation sites is 1.